The van der Waals surface area contributed by atoms with E-state index in [1.807, 2.05) is 48.7 Å². The number of hydrogen-bond acceptors (Lipinski definition) is 3. The van der Waals surface area contributed by atoms with Crippen LogP contribution in [0.2, 0.25) is 0 Å². The Morgan fingerprint density at radius 1 is 1.18 bits per heavy atom. The molecule has 4 nitrogen and oxygen atoms in total. The van der Waals surface area contributed by atoms with Gasteiger partial charge in [0.2, 0.25) is 0 Å². The standard InChI is InChI=1S/C18H18N2O2/c1-3-13-10-11-20-15(12-13)19-16(14-8-6-5-7-9-14)17(20)18(21)22-4-2/h5-12H,3-4H2,1-2H3. The number of esters is 1. The summed E-state index contributed by atoms with van der Waals surface area (Å²) in [6.45, 7) is 4.24. The molecule has 0 atom stereocenters. The van der Waals surface area contributed by atoms with Crippen molar-refractivity contribution in [2.45, 2.75) is 20.3 Å². The van der Waals surface area contributed by atoms with E-state index in [4.69, 9.17) is 4.74 Å². The summed E-state index contributed by atoms with van der Waals surface area (Å²) in [6.07, 6.45) is 2.82. The van der Waals surface area contributed by atoms with Gasteiger partial charge in [0, 0.05) is 11.8 Å². The summed E-state index contributed by atoms with van der Waals surface area (Å²) < 4.78 is 7.02. The van der Waals surface area contributed by atoms with Gasteiger partial charge in [-0.25, -0.2) is 9.78 Å². The van der Waals surface area contributed by atoms with Crippen LogP contribution in [0.1, 0.15) is 29.9 Å². The minimum atomic E-state index is -0.349. The Bertz CT molecular complexity index is 807. The predicted molar refractivity (Wildman–Crippen MR) is 86.0 cm³/mol. The highest BCUT2D eigenvalue weighted by atomic mass is 16.5. The van der Waals surface area contributed by atoms with Crippen LogP contribution in [0.5, 0.6) is 0 Å². The van der Waals surface area contributed by atoms with Crippen LogP contribution < -0.4 is 0 Å². The third-order valence-electron chi connectivity index (χ3n) is 3.61. The minimum absolute atomic E-state index is 0.341. The first-order valence-electron chi connectivity index (χ1n) is 7.48. The Morgan fingerprint density at radius 2 is 1.95 bits per heavy atom. The number of imidazole rings is 1. The fourth-order valence-corrected chi connectivity index (χ4v) is 2.50. The average Bonchev–Trinajstić information content (AvgIpc) is 2.94. The Morgan fingerprint density at radius 3 is 2.64 bits per heavy atom. The highest BCUT2D eigenvalue weighted by Gasteiger charge is 2.21. The molecule has 22 heavy (non-hydrogen) atoms. The summed E-state index contributed by atoms with van der Waals surface area (Å²) in [7, 11) is 0. The van der Waals surface area contributed by atoms with Crippen LogP contribution in [0.4, 0.5) is 0 Å². The van der Waals surface area contributed by atoms with Crippen LogP contribution in [0.15, 0.2) is 48.7 Å². The number of fused-ring (bicyclic) bond motifs is 1. The Balaban J connectivity index is 2.25. The molecule has 2 aromatic heterocycles. The molecule has 0 radical (unpaired) electrons. The third kappa shape index (κ3) is 2.48. The molecule has 3 rings (SSSR count). The highest BCUT2D eigenvalue weighted by Crippen LogP contribution is 2.25. The highest BCUT2D eigenvalue weighted by molar-refractivity contribution is 5.96. The molecule has 0 aliphatic heterocycles. The second-order valence-electron chi connectivity index (χ2n) is 5.01. The lowest BCUT2D eigenvalue weighted by atomic mass is 10.1. The van der Waals surface area contributed by atoms with E-state index in [-0.39, 0.29) is 5.97 Å². The number of hydrogen-bond donors (Lipinski definition) is 0. The molecular weight excluding hydrogens is 276 g/mol. The van der Waals surface area contributed by atoms with Gasteiger partial charge in [-0.2, -0.15) is 0 Å². The third-order valence-corrected chi connectivity index (χ3v) is 3.61. The number of aryl methyl sites for hydroxylation is 1. The summed E-state index contributed by atoms with van der Waals surface area (Å²) in [5.74, 6) is -0.349. The Hall–Kier alpha value is -2.62. The number of rotatable bonds is 4. The van der Waals surface area contributed by atoms with Gasteiger partial charge in [-0.3, -0.25) is 4.40 Å². The number of carbonyl (C=O) groups is 1. The molecule has 2 heterocycles. The van der Waals surface area contributed by atoms with Crippen LogP contribution in [-0.2, 0) is 11.2 Å². The van der Waals surface area contributed by atoms with E-state index in [0.29, 0.717) is 18.0 Å². The second kappa shape index (κ2) is 6.02. The first-order valence-corrected chi connectivity index (χ1v) is 7.48. The summed E-state index contributed by atoms with van der Waals surface area (Å²) in [5, 5.41) is 0. The topological polar surface area (TPSA) is 43.6 Å². The first kappa shape index (κ1) is 14.3. The zero-order valence-corrected chi connectivity index (χ0v) is 12.7. The van der Waals surface area contributed by atoms with Crippen LogP contribution in [0.3, 0.4) is 0 Å². The van der Waals surface area contributed by atoms with Crippen LogP contribution in [0.25, 0.3) is 16.9 Å². The van der Waals surface area contributed by atoms with Gasteiger partial charge in [-0.05, 0) is 31.0 Å². The fraction of sp³-hybridized carbons (Fsp3) is 0.222. The molecule has 0 aliphatic carbocycles. The minimum Gasteiger partial charge on any atom is -0.461 e. The van der Waals surface area contributed by atoms with Gasteiger partial charge in [-0.15, -0.1) is 0 Å². The van der Waals surface area contributed by atoms with Crippen molar-refractivity contribution in [2.24, 2.45) is 0 Å². The number of ether oxygens (including phenoxy) is 1. The van der Waals surface area contributed by atoms with E-state index in [1.165, 1.54) is 5.56 Å². The molecule has 0 unspecified atom stereocenters. The largest absolute Gasteiger partial charge is 0.461 e. The van der Waals surface area contributed by atoms with Crippen molar-refractivity contribution < 1.29 is 9.53 Å². The molecule has 0 amide bonds. The quantitative estimate of drug-likeness (QED) is 0.688. The maximum absolute atomic E-state index is 12.4. The van der Waals surface area contributed by atoms with Gasteiger partial charge in [0.05, 0.1) is 6.61 Å². The molecule has 0 saturated carbocycles. The number of nitrogens with zero attached hydrogens (tertiary/aromatic N) is 2. The van der Waals surface area contributed by atoms with Gasteiger partial charge in [0.15, 0.2) is 5.69 Å². The molecule has 4 heteroatoms. The van der Waals surface area contributed by atoms with Gasteiger partial charge in [0.25, 0.3) is 0 Å². The SMILES string of the molecule is CCOC(=O)c1c(-c2ccccc2)nc2cc(CC)ccn12. The van der Waals surface area contributed by atoms with Crippen LogP contribution in [0, 0.1) is 0 Å². The number of carbonyl (C=O) groups excluding carboxylic acids is 1. The lowest BCUT2D eigenvalue weighted by Gasteiger charge is -2.05. The maximum atomic E-state index is 12.4. The molecule has 112 valence electrons. The zero-order chi connectivity index (χ0) is 15.5. The van der Waals surface area contributed by atoms with Crippen molar-refractivity contribution in [2.75, 3.05) is 6.61 Å². The van der Waals surface area contributed by atoms with Crippen molar-refractivity contribution in [3.63, 3.8) is 0 Å². The molecular formula is C18H18N2O2. The van der Waals surface area contributed by atoms with Crippen molar-refractivity contribution in [1.82, 2.24) is 9.38 Å². The van der Waals surface area contributed by atoms with Crippen molar-refractivity contribution in [3.8, 4) is 11.3 Å². The van der Waals surface area contributed by atoms with Gasteiger partial charge in [-0.1, -0.05) is 37.3 Å². The molecule has 0 fully saturated rings. The fourth-order valence-electron chi connectivity index (χ4n) is 2.50. The van der Waals surface area contributed by atoms with Crippen molar-refractivity contribution >= 4 is 11.6 Å². The van der Waals surface area contributed by atoms with Crippen LogP contribution in [-0.4, -0.2) is 22.0 Å². The molecule has 3 aromatic rings. The summed E-state index contributed by atoms with van der Waals surface area (Å²) in [6, 6.07) is 13.7. The van der Waals surface area contributed by atoms with E-state index < -0.39 is 0 Å². The lowest BCUT2D eigenvalue weighted by molar-refractivity contribution is 0.0519. The second-order valence-corrected chi connectivity index (χ2v) is 5.01. The average molecular weight is 294 g/mol. The Labute approximate surface area is 129 Å². The van der Waals surface area contributed by atoms with Crippen LogP contribution >= 0.6 is 0 Å². The first-order chi connectivity index (χ1) is 10.7. The molecule has 0 saturated heterocycles. The van der Waals surface area contributed by atoms with E-state index in [2.05, 4.69) is 11.9 Å². The monoisotopic (exact) mass is 294 g/mol. The van der Waals surface area contributed by atoms with Gasteiger partial charge >= 0.3 is 5.97 Å². The zero-order valence-electron chi connectivity index (χ0n) is 12.7. The molecule has 0 aliphatic rings. The Kier molecular flexibility index (Phi) is 3.92. The van der Waals surface area contributed by atoms with Crippen molar-refractivity contribution in [1.29, 1.82) is 0 Å². The number of benzene rings is 1. The molecule has 0 spiro atoms. The van der Waals surface area contributed by atoms with E-state index in [9.17, 15) is 4.79 Å². The number of aromatic nitrogens is 2. The normalized spacial score (nSPS) is 10.8. The van der Waals surface area contributed by atoms with Gasteiger partial charge in [0.1, 0.15) is 11.3 Å². The van der Waals surface area contributed by atoms with E-state index in [0.717, 1.165) is 17.6 Å². The maximum Gasteiger partial charge on any atom is 0.357 e. The predicted octanol–water partition coefficient (Wildman–Crippen LogP) is 3.74. The van der Waals surface area contributed by atoms with E-state index in [1.54, 1.807) is 11.3 Å². The summed E-state index contributed by atoms with van der Waals surface area (Å²) >= 11 is 0. The summed E-state index contributed by atoms with van der Waals surface area (Å²) in [5.41, 5.74) is 4.00. The lowest BCUT2D eigenvalue weighted by Crippen LogP contribution is -2.09. The number of pyridine rings is 1. The molecule has 0 bridgehead atoms. The van der Waals surface area contributed by atoms with E-state index >= 15 is 0 Å². The summed E-state index contributed by atoms with van der Waals surface area (Å²) in [4.78, 5) is 17.0. The van der Waals surface area contributed by atoms with Gasteiger partial charge < -0.3 is 4.74 Å². The van der Waals surface area contributed by atoms with Crippen molar-refractivity contribution in [3.05, 3.63) is 59.9 Å². The molecule has 0 N–H and O–H groups in total. The smallest absolute Gasteiger partial charge is 0.357 e. The molecule has 1 aromatic carbocycles.